The van der Waals surface area contributed by atoms with Gasteiger partial charge in [-0.2, -0.15) is 5.26 Å². The summed E-state index contributed by atoms with van der Waals surface area (Å²) in [6.45, 7) is -1.47. The number of carboxylic acid groups (broad SMARTS) is 1. The summed E-state index contributed by atoms with van der Waals surface area (Å²) in [6, 6.07) is 5.75. The summed E-state index contributed by atoms with van der Waals surface area (Å²) in [5.74, 6) is -9.14. The van der Waals surface area contributed by atoms with Crippen molar-refractivity contribution in [1.82, 2.24) is 20.2 Å². The number of benzene rings is 2. The van der Waals surface area contributed by atoms with Gasteiger partial charge in [-0.25, -0.2) is 32.3 Å². The standard InChI is InChI=1S/C29H22ClF4N7O5/c30-21-4-2-1-3-20(21)24(25(43)37-18-10-29(33,34)11-18)40(19-8-15(31)7-16(32)9-19)26(44)22-13-39(28(45)46)14-23(42)41(22)27-36-6-5-17(12-35)38-27/h1-9,18,22,24H,10-11,13-14H2,(H,37,43)(H,45,46). The molecule has 2 aliphatic rings. The van der Waals surface area contributed by atoms with Crippen molar-refractivity contribution >= 4 is 47.1 Å². The summed E-state index contributed by atoms with van der Waals surface area (Å²) >= 11 is 6.44. The lowest BCUT2D eigenvalue weighted by Gasteiger charge is -2.42. The number of anilines is 2. The third kappa shape index (κ3) is 6.54. The lowest BCUT2D eigenvalue weighted by molar-refractivity contribution is -0.133. The predicted octanol–water partition coefficient (Wildman–Crippen LogP) is 3.66. The molecule has 2 fully saturated rings. The third-order valence-corrected chi connectivity index (χ3v) is 7.68. The van der Waals surface area contributed by atoms with Gasteiger partial charge in [0.05, 0.1) is 12.2 Å². The maximum atomic E-state index is 14.7. The number of hydrogen-bond acceptors (Lipinski definition) is 7. The van der Waals surface area contributed by atoms with Gasteiger partial charge in [0.25, 0.3) is 11.8 Å². The molecule has 1 saturated heterocycles. The first-order valence-corrected chi connectivity index (χ1v) is 13.9. The highest BCUT2D eigenvalue weighted by atomic mass is 35.5. The van der Waals surface area contributed by atoms with E-state index >= 15 is 0 Å². The van der Waals surface area contributed by atoms with Crippen molar-refractivity contribution in [2.24, 2.45) is 0 Å². The maximum Gasteiger partial charge on any atom is 0.407 e. The number of carbonyl (C=O) groups is 4. The second kappa shape index (κ2) is 12.6. The van der Waals surface area contributed by atoms with Gasteiger partial charge in [0, 0.05) is 41.7 Å². The molecule has 17 heteroatoms. The number of rotatable bonds is 7. The monoisotopic (exact) mass is 659 g/mol. The van der Waals surface area contributed by atoms with Gasteiger partial charge in [0.1, 0.15) is 42.0 Å². The van der Waals surface area contributed by atoms with Gasteiger partial charge in [-0.1, -0.05) is 29.8 Å². The number of nitriles is 1. The first-order valence-electron chi connectivity index (χ1n) is 13.5. The molecular weight excluding hydrogens is 638 g/mol. The molecule has 2 aromatic carbocycles. The molecule has 46 heavy (non-hydrogen) atoms. The molecule has 0 bridgehead atoms. The van der Waals surface area contributed by atoms with Crippen molar-refractivity contribution in [3.63, 3.8) is 0 Å². The Labute approximate surface area is 262 Å². The van der Waals surface area contributed by atoms with Gasteiger partial charge >= 0.3 is 6.09 Å². The summed E-state index contributed by atoms with van der Waals surface area (Å²) < 4.78 is 56.7. The number of piperazine rings is 1. The van der Waals surface area contributed by atoms with Crippen LogP contribution in [0.3, 0.4) is 0 Å². The van der Waals surface area contributed by atoms with Crippen LogP contribution in [0.4, 0.5) is 34.0 Å². The van der Waals surface area contributed by atoms with Crippen LogP contribution < -0.4 is 15.1 Å². The van der Waals surface area contributed by atoms with Crippen LogP contribution >= 0.6 is 11.6 Å². The molecule has 2 atom stereocenters. The van der Waals surface area contributed by atoms with E-state index < -0.39 is 97.1 Å². The Balaban J connectivity index is 1.69. The Hall–Kier alpha value is -5.30. The fourth-order valence-corrected chi connectivity index (χ4v) is 5.50. The highest BCUT2D eigenvalue weighted by molar-refractivity contribution is 6.31. The summed E-state index contributed by atoms with van der Waals surface area (Å²) in [7, 11) is 0. The highest BCUT2D eigenvalue weighted by Crippen LogP contribution is 2.39. The molecule has 5 rings (SSSR count). The van der Waals surface area contributed by atoms with E-state index in [0.29, 0.717) is 28.0 Å². The predicted molar refractivity (Wildman–Crippen MR) is 152 cm³/mol. The quantitative estimate of drug-likeness (QED) is 0.364. The summed E-state index contributed by atoms with van der Waals surface area (Å²) in [5, 5.41) is 21.4. The topological polar surface area (TPSA) is 160 Å². The van der Waals surface area contributed by atoms with Gasteiger partial charge in [-0.05, 0) is 24.3 Å². The van der Waals surface area contributed by atoms with Crippen molar-refractivity contribution in [2.75, 3.05) is 22.9 Å². The van der Waals surface area contributed by atoms with Crippen LogP contribution in [0.25, 0.3) is 0 Å². The van der Waals surface area contributed by atoms with Gasteiger partial charge < -0.3 is 10.4 Å². The molecule has 1 aliphatic heterocycles. The summed E-state index contributed by atoms with van der Waals surface area (Å²) in [5.41, 5.74) is -0.843. The summed E-state index contributed by atoms with van der Waals surface area (Å²) in [6.07, 6.45) is -1.89. The van der Waals surface area contributed by atoms with Gasteiger partial charge in [0.15, 0.2) is 0 Å². The number of halogens is 5. The van der Waals surface area contributed by atoms with E-state index in [1.165, 1.54) is 30.3 Å². The van der Waals surface area contributed by atoms with Crippen molar-refractivity contribution in [3.8, 4) is 6.07 Å². The lowest BCUT2D eigenvalue weighted by atomic mass is 9.87. The number of aromatic nitrogens is 2. The molecule has 0 radical (unpaired) electrons. The zero-order valence-electron chi connectivity index (χ0n) is 23.4. The SMILES string of the molecule is N#Cc1ccnc(N2C(=O)CN(C(=O)O)CC2C(=O)N(c2cc(F)cc(F)c2)C(C(=O)NC2CC(F)(F)C2)c2ccccc2Cl)n1. The van der Waals surface area contributed by atoms with Crippen LogP contribution in [0.2, 0.25) is 5.02 Å². The molecule has 238 valence electrons. The molecule has 2 heterocycles. The van der Waals surface area contributed by atoms with E-state index in [2.05, 4.69) is 15.3 Å². The van der Waals surface area contributed by atoms with Gasteiger partial charge in [0.2, 0.25) is 17.8 Å². The second-order valence-electron chi connectivity index (χ2n) is 10.5. The van der Waals surface area contributed by atoms with Crippen LogP contribution in [0.1, 0.15) is 30.1 Å². The Morgan fingerprint density at radius 2 is 1.80 bits per heavy atom. The first kappa shape index (κ1) is 32.1. The summed E-state index contributed by atoms with van der Waals surface area (Å²) in [4.78, 5) is 63.8. The molecule has 2 N–H and O–H groups in total. The number of hydrogen-bond donors (Lipinski definition) is 2. The lowest BCUT2D eigenvalue weighted by Crippen LogP contribution is -2.64. The van der Waals surface area contributed by atoms with Crippen LogP contribution in [0.15, 0.2) is 54.7 Å². The average Bonchev–Trinajstić information content (AvgIpc) is 2.98. The molecule has 12 nitrogen and oxygen atoms in total. The average molecular weight is 660 g/mol. The minimum absolute atomic E-state index is 0.0859. The normalized spacial score (nSPS) is 18.3. The van der Waals surface area contributed by atoms with E-state index in [1.54, 1.807) is 6.07 Å². The fraction of sp³-hybridized carbons (Fsp3) is 0.276. The number of nitrogens with one attached hydrogen (secondary N) is 1. The molecule has 2 unspecified atom stereocenters. The number of amides is 4. The van der Waals surface area contributed by atoms with Crippen LogP contribution in [0, 0.1) is 23.0 Å². The van der Waals surface area contributed by atoms with Crippen molar-refractivity contribution < 1.29 is 41.8 Å². The number of carbonyl (C=O) groups excluding carboxylic acids is 3. The largest absolute Gasteiger partial charge is 0.465 e. The highest BCUT2D eigenvalue weighted by Gasteiger charge is 2.49. The molecule has 4 amide bonds. The smallest absolute Gasteiger partial charge is 0.407 e. The van der Waals surface area contributed by atoms with Gasteiger partial charge in [-0.15, -0.1) is 0 Å². The molecule has 3 aromatic rings. The Morgan fingerprint density at radius 3 is 2.41 bits per heavy atom. The zero-order valence-corrected chi connectivity index (χ0v) is 24.2. The molecule has 1 saturated carbocycles. The van der Waals surface area contributed by atoms with E-state index in [0.717, 1.165) is 11.1 Å². The maximum absolute atomic E-state index is 14.7. The Morgan fingerprint density at radius 1 is 1.13 bits per heavy atom. The molecular formula is C29H22ClF4N7O5. The van der Waals surface area contributed by atoms with Gasteiger partial charge in [-0.3, -0.25) is 29.1 Å². The Bertz CT molecular complexity index is 1750. The first-order chi connectivity index (χ1) is 21.8. The third-order valence-electron chi connectivity index (χ3n) is 7.33. The Kier molecular flexibility index (Phi) is 8.79. The molecule has 1 aliphatic carbocycles. The van der Waals surface area contributed by atoms with Crippen LogP contribution in [-0.4, -0.2) is 74.9 Å². The number of alkyl halides is 2. The minimum atomic E-state index is -3.04. The fourth-order valence-electron chi connectivity index (χ4n) is 5.26. The van der Waals surface area contributed by atoms with E-state index in [9.17, 15) is 47.1 Å². The van der Waals surface area contributed by atoms with Crippen molar-refractivity contribution in [3.05, 3.63) is 82.6 Å². The van der Waals surface area contributed by atoms with Crippen molar-refractivity contribution in [1.29, 1.82) is 5.26 Å². The number of nitrogens with zero attached hydrogens (tertiary/aromatic N) is 6. The molecule has 1 aromatic heterocycles. The minimum Gasteiger partial charge on any atom is -0.465 e. The van der Waals surface area contributed by atoms with E-state index in [1.807, 2.05) is 0 Å². The van der Waals surface area contributed by atoms with E-state index in [4.69, 9.17) is 11.6 Å². The second-order valence-corrected chi connectivity index (χ2v) is 10.9. The zero-order chi connectivity index (χ0) is 33.3. The van der Waals surface area contributed by atoms with Crippen LogP contribution in [0.5, 0.6) is 0 Å². The van der Waals surface area contributed by atoms with Crippen LogP contribution in [-0.2, 0) is 14.4 Å². The molecule has 0 spiro atoms. The van der Waals surface area contributed by atoms with Crippen molar-refractivity contribution in [2.45, 2.75) is 36.9 Å². The van der Waals surface area contributed by atoms with E-state index in [-0.39, 0.29) is 16.3 Å².